The SMILES string of the molecule is N[C@@H]1C[C@H](N)CN(c2nc3nc(Nc4ccc(NC(=O)c5ccc6ccccc6c5O)cc4)[nH+]c(N4C[C@H](N)C[C@H](N)C4)c3[nH]2)C1. The van der Waals surface area contributed by atoms with Gasteiger partial charge < -0.3 is 48.1 Å². The first-order valence-electron chi connectivity index (χ1n) is 15.4. The molecular formula is C32H39N12O2+. The Morgan fingerprint density at radius 3 is 2.15 bits per heavy atom. The first-order valence-corrected chi connectivity index (χ1v) is 15.4. The molecule has 4 atom stereocenters. The average molecular weight is 624 g/mol. The van der Waals surface area contributed by atoms with Crippen LogP contribution in [0.1, 0.15) is 23.2 Å². The van der Waals surface area contributed by atoms with Gasteiger partial charge in [-0.15, -0.1) is 0 Å². The van der Waals surface area contributed by atoms with Gasteiger partial charge in [-0.2, -0.15) is 4.98 Å². The highest BCUT2D eigenvalue weighted by atomic mass is 16.3. The molecule has 1 amide bonds. The largest absolute Gasteiger partial charge is 0.506 e. The third-order valence-electron chi connectivity index (χ3n) is 8.56. The average Bonchev–Trinajstić information content (AvgIpc) is 3.45. The molecule has 0 aliphatic carbocycles. The van der Waals surface area contributed by atoms with Crippen LogP contribution in [0.4, 0.5) is 29.1 Å². The summed E-state index contributed by atoms with van der Waals surface area (Å²) in [6, 6.07) is 17.8. The van der Waals surface area contributed by atoms with E-state index >= 15 is 0 Å². The quantitative estimate of drug-likeness (QED) is 0.135. The lowest BCUT2D eigenvalue weighted by Crippen LogP contribution is -2.53. The van der Waals surface area contributed by atoms with Gasteiger partial charge in [-0.05, 0) is 48.6 Å². The minimum absolute atomic E-state index is 0.0442. The number of nitrogens with one attached hydrogen (secondary N) is 4. The summed E-state index contributed by atoms with van der Waals surface area (Å²) in [5.74, 6) is 1.45. The summed E-state index contributed by atoms with van der Waals surface area (Å²) >= 11 is 0. The van der Waals surface area contributed by atoms with Gasteiger partial charge in [0.2, 0.25) is 17.4 Å². The number of imidazole rings is 1. The van der Waals surface area contributed by atoms with Crippen molar-refractivity contribution >= 4 is 56.9 Å². The van der Waals surface area contributed by atoms with Crippen molar-refractivity contribution in [3.63, 3.8) is 0 Å². The summed E-state index contributed by atoms with van der Waals surface area (Å²) in [5, 5.41) is 18.4. The highest BCUT2D eigenvalue weighted by Crippen LogP contribution is 2.30. The molecule has 0 saturated carbocycles. The fourth-order valence-corrected chi connectivity index (χ4v) is 6.48. The van der Waals surface area contributed by atoms with Crippen LogP contribution in [0.3, 0.4) is 0 Å². The number of nitrogens with two attached hydrogens (primary N) is 4. The van der Waals surface area contributed by atoms with E-state index in [1.807, 2.05) is 36.4 Å². The number of rotatable bonds is 6. The third kappa shape index (κ3) is 5.98. The zero-order valence-corrected chi connectivity index (χ0v) is 25.3. The third-order valence-corrected chi connectivity index (χ3v) is 8.56. The summed E-state index contributed by atoms with van der Waals surface area (Å²) < 4.78 is 0. The molecule has 0 spiro atoms. The number of amides is 1. The number of phenolic OH excluding ortho intramolecular Hbond substituents is 1. The number of nitrogens with zero attached hydrogens (tertiary/aromatic N) is 4. The van der Waals surface area contributed by atoms with Crippen LogP contribution in [0.2, 0.25) is 0 Å². The molecule has 3 aromatic carbocycles. The molecule has 14 nitrogen and oxygen atoms in total. The normalized spacial score (nSPS) is 21.9. The number of hydrogen-bond donors (Lipinski definition) is 8. The first kappa shape index (κ1) is 29.7. The van der Waals surface area contributed by atoms with E-state index in [1.165, 1.54) is 0 Å². The molecule has 2 saturated heterocycles. The molecule has 5 aromatic rings. The number of phenols is 1. The van der Waals surface area contributed by atoms with Crippen molar-refractivity contribution in [2.24, 2.45) is 22.9 Å². The Morgan fingerprint density at radius 2 is 1.46 bits per heavy atom. The van der Waals surface area contributed by atoms with Crippen LogP contribution < -0.4 is 48.4 Å². The van der Waals surface area contributed by atoms with Crippen molar-refractivity contribution in [3.8, 4) is 5.75 Å². The van der Waals surface area contributed by atoms with Crippen molar-refractivity contribution in [1.29, 1.82) is 0 Å². The number of carbonyl (C=O) groups excluding carboxylic acids is 1. The van der Waals surface area contributed by atoms with Crippen LogP contribution in [-0.2, 0) is 0 Å². The summed E-state index contributed by atoms with van der Waals surface area (Å²) in [5.41, 5.74) is 28.0. The second-order valence-electron chi connectivity index (χ2n) is 12.4. The molecule has 2 aliphatic rings. The van der Waals surface area contributed by atoms with Gasteiger partial charge in [0.15, 0.2) is 5.52 Å². The Kier molecular flexibility index (Phi) is 7.78. The second-order valence-corrected chi connectivity index (χ2v) is 12.4. The molecule has 4 heterocycles. The number of H-pyrrole nitrogens is 2. The molecule has 0 unspecified atom stereocenters. The van der Waals surface area contributed by atoms with E-state index < -0.39 is 5.91 Å². The summed E-state index contributed by atoms with van der Waals surface area (Å²) in [4.78, 5) is 33.7. The highest BCUT2D eigenvalue weighted by Gasteiger charge is 2.32. The Labute approximate surface area is 265 Å². The maximum atomic E-state index is 13.0. The molecule has 7 rings (SSSR count). The lowest BCUT2D eigenvalue weighted by atomic mass is 10.0. The van der Waals surface area contributed by atoms with Gasteiger partial charge >= 0.3 is 5.95 Å². The van der Waals surface area contributed by atoms with Gasteiger partial charge in [-0.25, -0.2) is 4.98 Å². The van der Waals surface area contributed by atoms with Gasteiger partial charge in [0.25, 0.3) is 5.91 Å². The number of fused-ring (bicyclic) bond motifs is 2. The molecular weight excluding hydrogens is 584 g/mol. The zero-order chi connectivity index (χ0) is 31.9. The molecule has 0 bridgehead atoms. The molecule has 2 aromatic heterocycles. The topological polar surface area (TPSA) is 228 Å². The summed E-state index contributed by atoms with van der Waals surface area (Å²) in [6.07, 6.45) is 1.51. The van der Waals surface area contributed by atoms with Crippen molar-refractivity contribution in [3.05, 3.63) is 66.2 Å². The fraction of sp³-hybridized carbons (Fsp3) is 0.312. The fourth-order valence-electron chi connectivity index (χ4n) is 6.48. The zero-order valence-electron chi connectivity index (χ0n) is 25.3. The molecule has 46 heavy (non-hydrogen) atoms. The van der Waals surface area contributed by atoms with Gasteiger partial charge in [0.05, 0.1) is 24.3 Å². The van der Waals surface area contributed by atoms with Crippen LogP contribution in [0.15, 0.2) is 60.7 Å². The Morgan fingerprint density at radius 1 is 0.826 bits per heavy atom. The second kappa shape index (κ2) is 12.1. The summed E-state index contributed by atoms with van der Waals surface area (Å²) in [6.45, 7) is 2.52. The van der Waals surface area contributed by atoms with Crippen molar-refractivity contribution in [2.45, 2.75) is 37.0 Å². The van der Waals surface area contributed by atoms with E-state index in [0.29, 0.717) is 54.8 Å². The highest BCUT2D eigenvalue weighted by molar-refractivity contribution is 6.09. The lowest BCUT2D eigenvalue weighted by molar-refractivity contribution is -0.349. The number of aromatic nitrogens is 4. The molecule has 2 aliphatic heterocycles. The van der Waals surface area contributed by atoms with Gasteiger partial charge in [-0.1, -0.05) is 35.3 Å². The molecule has 238 valence electrons. The van der Waals surface area contributed by atoms with E-state index in [2.05, 4.69) is 30.4 Å². The predicted molar refractivity (Wildman–Crippen MR) is 179 cm³/mol. The summed E-state index contributed by atoms with van der Waals surface area (Å²) in [7, 11) is 0. The number of aromatic hydroxyl groups is 1. The Hall–Kier alpha value is -5.02. The minimum atomic E-state index is -0.406. The standard InChI is InChI=1S/C32H38N12O2/c33-18-11-19(34)14-43(13-18)29-26-28(41-32(39-26)44-15-20(35)12-21(36)16-44)40-31(42-29)38-23-8-6-22(7-9-23)37-30(46)25-10-5-17-3-1-2-4-24(17)27(25)45/h1-10,18-21,45H,11-16,33-36H2,(H,37,46)(H2,38,39,40,41,42)/p+1/t18-,19+,20-,21+. The number of piperidine rings is 2. The number of benzene rings is 3. The maximum Gasteiger partial charge on any atom is 0.351 e. The van der Waals surface area contributed by atoms with Gasteiger partial charge in [0.1, 0.15) is 5.75 Å². The maximum absolute atomic E-state index is 13.0. The number of hydrogen-bond acceptors (Lipinski definition) is 11. The van der Waals surface area contributed by atoms with Crippen LogP contribution in [0.25, 0.3) is 21.9 Å². The monoisotopic (exact) mass is 623 g/mol. The predicted octanol–water partition coefficient (Wildman–Crippen LogP) is 1.36. The van der Waals surface area contributed by atoms with Crippen molar-refractivity contribution in [1.82, 2.24) is 15.0 Å². The van der Waals surface area contributed by atoms with Crippen molar-refractivity contribution < 1.29 is 14.9 Å². The van der Waals surface area contributed by atoms with Gasteiger partial charge in [-0.3, -0.25) is 10.1 Å². The van der Waals surface area contributed by atoms with Crippen LogP contribution in [0, 0.1) is 0 Å². The van der Waals surface area contributed by atoms with E-state index in [0.717, 1.165) is 35.2 Å². The van der Waals surface area contributed by atoms with Crippen LogP contribution in [0.5, 0.6) is 5.75 Å². The van der Waals surface area contributed by atoms with E-state index in [4.69, 9.17) is 32.9 Å². The minimum Gasteiger partial charge on any atom is -0.506 e. The van der Waals surface area contributed by atoms with E-state index in [1.54, 1.807) is 24.3 Å². The Balaban J connectivity index is 1.14. The molecule has 14 heteroatoms. The van der Waals surface area contributed by atoms with Gasteiger partial charge in [0, 0.05) is 48.3 Å². The number of anilines is 5. The first-order chi connectivity index (χ1) is 22.2. The number of aromatic amines is 2. The smallest absolute Gasteiger partial charge is 0.351 e. The molecule has 0 radical (unpaired) electrons. The van der Waals surface area contributed by atoms with E-state index in [-0.39, 0.29) is 35.5 Å². The lowest BCUT2D eigenvalue weighted by Gasteiger charge is -2.34. The molecule has 13 N–H and O–H groups in total. The Bertz CT molecular complexity index is 1870. The van der Waals surface area contributed by atoms with Crippen molar-refractivity contribution in [2.75, 3.05) is 46.6 Å². The number of carbonyl (C=O) groups is 1. The van der Waals surface area contributed by atoms with E-state index in [9.17, 15) is 9.90 Å². The van der Waals surface area contributed by atoms with Crippen LogP contribution in [-0.4, -0.2) is 76.3 Å². The van der Waals surface area contributed by atoms with Crippen LogP contribution >= 0.6 is 0 Å². The molecule has 2 fully saturated rings.